The summed E-state index contributed by atoms with van der Waals surface area (Å²) in [6.45, 7) is 0.799. The van der Waals surface area contributed by atoms with Gasteiger partial charge in [-0.25, -0.2) is 4.79 Å². The second-order valence-electron chi connectivity index (χ2n) is 4.41. The largest absolute Gasteiger partial charge is 0.481 e. The molecule has 1 fully saturated rings. The highest BCUT2D eigenvalue weighted by Crippen LogP contribution is 2.35. The minimum Gasteiger partial charge on any atom is -0.481 e. The van der Waals surface area contributed by atoms with E-state index in [0.717, 1.165) is 5.56 Å². The van der Waals surface area contributed by atoms with E-state index in [1.807, 2.05) is 0 Å². The van der Waals surface area contributed by atoms with E-state index in [1.165, 1.54) is 7.11 Å². The third-order valence-electron chi connectivity index (χ3n) is 3.16. The molecule has 1 aliphatic rings. The fourth-order valence-electron chi connectivity index (χ4n) is 2.09. The summed E-state index contributed by atoms with van der Waals surface area (Å²) in [6.07, 6.45) is 0.0323. The number of ether oxygens (including phenoxy) is 2. The van der Waals surface area contributed by atoms with Crippen molar-refractivity contribution in [2.24, 2.45) is 0 Å². The molecule has 18 heavy (non-hydrogen) atoms. The Morgan fingerprint density at radius 3 is 2.33 bits per heavy atom. The first kappa shape index (κ1) is 12.6. The highest BCUT2D eigenvalue weighted by atomic mass is 16.5. The average molecular weight is 250 g/mol. The molecule has 5 nitrogen and oxygen atoms in total. The predicted octanol–water partition coefficient (Wildman–Crippen LogP) is 1.22. The summed E-state index contributed by atoms with van der Waals surface area (Å²) >= 11 is 0. The van der Waals surface area contributed by atoms with Gasteiger partial charge in [0.05, 0.1) is 37.7 Å². The number of carboxylic acid groups (broad SMARTS) is 1. The minimum atomic E-state index is -0.852. The molecule has 0 saturated carbocycles. The Kier molecular flexibility index (Phi) is 3.34. The molecule has 1 heterocycles. The molecule has 5 heteroatoms. The Morgan fingerprint density at radius 2 is 1.94 bits per heavy atom. The molecule has 0 aromatic heterocycles. The summed E-state index contributed by atoms with van der Waals surface area (Å²) in [5.74, 6) is -1.26. The molecule has 1 aromatic carbocycles. The molecular weight excluding hydrogens is 236 g/mol. The molecule has 2 rings (SSSR count). The first-order chi connectivity index (χ1) is 8.57. The molecule has 0 radical (unpaired) electrons. The predicted molar refractivity (Wildman–Crippen MR) is 62.5 cm³/mol. The van der Waals surface area contributed by atoms with Gasteiger partial charge in [0.25, 0.3) is 0 Å². The Bertz CT molecular complexity index is 459. The first-order valence-corrected chi connectivity index (χ1v) is 5.56. The number of hydrogen-bond acceptors (Lipinski definition) is 4. The highest BCUT2D eigenvalue weighted by molar-refractivity contribution is 5.89. The van der Waals surface area contributed by atoms with Gasteiger partial charge in [0, 0.05) is 0 Å². The number of hydrogen-bond donors (Lipinski definition) is 1. The lowest BCUT2D eigenvalue weighted by Crippen LogP contribution is -2.48. The summed E-state index contributed by atoms with van der Waals surface area (Å²) in [6, 6.07) is 6.81. The lowest BCUT2D eigenvalue weighted by molar-refractivity contribution is -0.145. The van der Waals surface area contributed by atoms with Gasteiger partial charge in [0.1, 0.15) is 0 Å². The van der Waals surface area contributed by atoms with Crippen LogP contribution in [-0.2, 0) is 19.7 Å². The SMILES string of the molecule is COC(=O)c1ccc(C2(CC(=O)O)COC2)cc1. The molecular formula is C13H14O5. The van der Waals surface area contributed by atoms with Crippen molar-refractivity contribution >= 4 is 11.9 Å². The van der Waals surface area contributed by atoms with Crippen LogP contribution >= 0.6 is 0 Å². The van der Waals surface area contributed by atoms with Gasteiger partial charge in [0.2, 0.25) is 0 Å². The zero-order valence-electron chi connectivity index (χ0n) is 10.0. The number of carbonyl (C=O) groups excluding carboxylic acids is 1. The van der Waals surface area contributed by atoms with Crippen LogP contribution in [0.4, 0.5) is 0 Å². The third-order valence-corrected chi connectivity index (χ3v) is 3.16. The van der Waals surface area contributed by atoms with E-state index in [4.69, 9.17) is 9.84 Å². The van der Waals surface area contributed by atoms with E-state index >= 15 is 0 Å². The van der Waals surface area contributed by atoms with Crippen LogP contribution in [0.1, 0.15) is 22.3 Å². The van der Waals surface area contributed by atoms with E-state index in [0.29, 0.717) is 18.8 Å². The van der Waals surface area contributed by atoms with E-state index < -0.39 is 17.4 Å². The average Bonchev–Trinajstić information content (AvgIpc) is 2.33. The lowest BCUT2D eigenvalue weighted by Gasteiger charge is -2.40. The first-order valence-electron chi connectivity index (χ1n) is 5.56. The van der Waals surface area contributed by atoms with Gasteiger partial charge in [-0.2, -0.15) is 0 Å². The molecule has 0 spiro atoms. The van der Waals surface area contributed by atoms with Crippen LogP contribution in [0.3, 0.4) is 0 Å². The molecule has 0 aliphatic carbocycles. The zero-order valence-corrected chi connectivity index (χ0v) is 10.0. The highest BCUT2D eigenvalue weighted by Gasteiger charge is 2.42. The maximum Gasteiger partial charge on any atom is 0.337 e. The molecule has 1 aliphatic heterocycles. The van der Waals surface area contributed by atoms with Crippen molar-refractivity contribution in [3.05, 3.63) is 35.4 Å². The van der Waals surface area contributed by atoms with Crippen molar-refractivity contribution in [3.8, 4) is 0 Å². The van der Waals surface area contributed by atoms with Crippen LogP contribution in [0.2, 0.25) is 0 Å². The summed E-state index contributed by atoms with van der Waals surface area (Å²) in [5.41, 5.74) is 0.872. The van der Waals surface area contributed by atoms with Crippen molar-refractivity contribution in [2.45, 2.75) is 11.8 Å². The topological polar surface area (TPSA) is 72.8 Å². The number of carboxylic acids is 1. The standard InChI is InChI=1S/C13H14O5/c1-17-12(16)9-2-4-10(5-3-9)13(6-11(14)15)7-18-8-13/h2-5H,6-8H2,1H3,(H,14,15). The van der Waals surface area contributed by atoms with Crippen LogP contribution < -0.4 is 0 Å². The summed E-state index contributed by atoms with van der Waals surface area (Å²) < 4.78 is 9.75. The maximum absolute atomic E-state index is 11.3. The van der Waals surface area contributed by atoms with Gasteiger partial charge in [0.15, 0.2) is 0 Å². The fourth-order valence-corrected chi connectivity index (χ4v) is 2.09. The summed E-state index contributed by atoms with van der Waals surface area (Å²) in [7, 11) is 1.32. The van der Waals surface area contributed by atoms with E-state index in [-0.39, 0.29) is 6.42 Å². The van der Waals surface area contributed by atoms with Gasteiger partial charge >= 0.3 is 11.9 Å². The maximum atomic E-state index is 11.3. The van der Waals surface area contributed by atoms with E-state index in [2.05, 4.69) is 4.74 Å². The normalized spacial score (nSPS) is 16.7. The Labute approximate surface area is 104 Å². The van der Waals surface area contributed by atoms with Crippen LogP contribution in [0.15, 0.2) is 24.3 Å². The van der Waals surface area contributed by atoms with Gasteiger partial charge in [-0.1, -0.05) is 12.1 Å². The van der Waals surface area contributed by atoms with E-state index in [1.54, 1.807) is 24.3 Å². The Morgan fingerprint density at radius 1 is 1.33 bits per heavy atom. The van der Waals surface area contributed by atoms with Crippen LogP contribution in [-0.4, -0.2) is 37.4 Å². The van der Waals surface area contributed by atoms with Crippen LogP contribution in [0.25, 0.3) is 0 Å². The van der Waals surface area contributed by atoms with Crippen LogP contribution in [0, 0.1) is 0 Å². The monoisotopic (exact) mass is 250 g/mol. The zero-order chi connectivity index (χ0) is 13.2. The molecule has 1 N–H and O–H groups in total. The Hall–Kier alpha value is -1.88. The summed E-state index contributed by atoms with van der Waals surface area (Å²) in [5, 5.41) is 8.93. The third kappa shape index (κ3) is 2.22. The van der Waals surface area contributed by atoms with Gasteiger partial charge in [-0.3, -0.25) is 4.79 Å². The quantitative estimate of drug-likeness (QED) is 0.813. The van der Waals surface area contributed by atoms with Crippen molar-refractivity contribution < 1.29 is 24.2 Å². The molecule has 1 saturated heterocycles. The van der Waals surface area contributed by atoms with Crippen molar-refractivity contribution in [3.63, 3.8) is 0 Å². The van der Waals surface area contributed by atoms with Gasteiger partial charge in [-0.05, 0) is 17.7 Å². The number of carbonyl (C=O) groups is 2. The van der Waals surface area contributed by atoms with Gasteiger partial charge in [-0.15, -0.1) is 0 Å². The summed E-state index contributed by atoms with van der Waals surface area (Å²) in [4.78, 5) is 22.2. The van der Waals surface area contributed by atoms with Crippen LogP contribution in [0.5, 0.6) is 0 Å². The van der Waals surface area contributed by atoms with E-state index in [9.17, 15) is 9.59 Å². The van der Waals surface area contributed by atoms with Crippen molar-refractivity contribution in [1.29, 1.82) is 0 Å². The van der Waals surface area contributed by atoms with Crippen molar-refractivity contribution in [2.75, 3.05) is 20.3 Å². The Balaban J connectivity index is 2.22. The second-order valence-corrected chi connectivity index (χ2v) is 4.41. The van der Waals surface area contributed by atoms with Gasteiger partial charge < -0.3 is 14.6 Å². The molecule has 0 amide bonds. The molecule has 0 atom stereocenters. The minimum absolute atomic E-state index is 0.0323. The second kappa shape index (κ2) is 4.78. The molecule has 0 unspecified atom stereocenters. The number of rotatable bonds is 4. The molecule has 1 aromatic rings. The number of benzene rings is 1. The number of esters is 1. The van der Waals surface area contributed by atoms with Crippen molar-refractivity contribution in [1.82, 2.24) is 0 Å². The molecule has 0 bridgehead atoms. The lowest BCUT2D eigenvalue weighted by atomic mass is 9.76. The smallest absolute Gasteiger partial charge is 0.337 e. The fraction of sp³-hybridized carbons (Fsp3) is 0.385. The number of methoxy groups -OCH3 is 1. The number of aliphatic carboxylic acids is 1. The molecule has 96 valence electrons.